The molecule has 2 amide bonds. The Morgan fingerprint density at radius 2 is 1.74 bits per heavy atom. The maximum absolute atomic E-state index is 13.4. The first-order valence-electron chi connectivity index (χ1n) is 11.7. The number of rotatable bonds is 9. The maximum atomic E-state index is 13.4. The minimum Gasteiger partial charge on any atom is -0.468 e. The van der Waals surface area contributed by atoms with Gasteiger partial charge in [0, 0.05) is 17.3 Å². The van der Waals surface area contributed by atoms with E-state index >= 15 is 0 Å². The molecule has 0 atom stereocenters. The number of nitrogens with one attached hydrogen (secondary N) is 2. The minimum absolute atomic E-state index is 0.0771. The summed E-state index contributed by atoms with van der Waals surface area (Å²) in [7, 11) is 1.35. The lowest BCUT2D eigenvalue weighted by Gasteiger charge is -2.39. The van der Waals surface area contributed by atoms with Crippen molar-refractivity contribution in [3.63, 3.8) is 0 Å². The number of ether oxygens (including phenoxy) is 2. The van der Waals surface area contributed by atoms with Crippen molar-refractivity contribution in [3.8, 4) is 0 Å². The first-order chi connectivity index (χ1) is 16.8. The SMILES string of the molecule is CCc1ccc(NC(=O)OCC2(C(=O)NCc3ccccc3Cl)CCN(CC(=O)OC)CC2)cc1. The molecule has 35 heavy (non-hydrogen) atoms. The summed E-state index contributed by atoms with van der Waals surface area (Å²) >= 11 is 6.23. The van der Waals surface area contributed by atoms with E-state index in [0.29, 0.717) is 36.6 Å². The predicted molar refractivity (Wildman–Crippen MR) is 134 cm³/mol. The van der Waals surface area contributed by atoms with Crippen LogP contribution in [0.1, 0.15) is 30.9 Å². The molecule has 8 nitrogen and oxygen atoms in total. The van der Waals surface area contributed by atoms with Gasteiger partial charge in [-0.1, -0.05) is 48.9 Å². The lowest BCUT2D eigenvalue weighted by molar-refractivity contribution is -0.143. The quantitative estimate of drug-likeness (QED) is 0.504. The van der Waals surface area contributed by atoms with Gasteiger partial charge < -0.3 is 14.8 Å². The standard InChI is InChI=1S/C26H32ClN3O5/c1-3-19-8-10-21(11-9-19)29-25(33)35-18-26(12-14-30(15-13-26)17-23(31)34-2)24(32)28-16-20-6-4-5-7-22(20)27/h4-11H,3,12-18H2,1-2H3,(H,28,32)(H,29,33). The van der Waals surface area contributed by atoms with Crippen molar-refractivity contribution in [2.75, 3.05) is 38.7 Å². The van der Waals surface area contributed by atoms with Gasteiger partial charge in [-0.25, -0.2) is 4.79 Å². The largest absolute Gasteiger partial charge is 0.468 e. The second-order valence-corrected chi connectivity index (χ2v) is 9.07. The Morgan fingerprint density at radius 3 is 2.37 bits per heavy atom. The molecule has 2 N–H and O–H groups in total. The third-order valence-electron chi connectivity index (χ3n) is 6.36. The van der Waals surface area contributed by atoms with E-state index in [1.165, 1.54) is 7.11 Å². The number of hydrogen-bond donors (Lipinski definition) is 2. The molecule has 0 spiro atoms. The number of piperidine rings is 1. The summed E-state index contributed by atoms with van der Waals surface area (Å²) < 4.78 is 10.3. The number of carbonyl (C=O) groups excluding carboxylic acids is 3. The fraction of sp³-hybridized carbons (Fsp3) is 0.423. The van der Waals surface area contributed by atoms with Crippen molar-refractivity contribution >= 4 is 35.3 Å². The minimum atomic E-state index is -0.919. The second kappa shape index (κ2) is 12.6. The normalized spacial score (nSPS) is 15.2. The van der Waals surface area contributed by atoms with Crippen LogP contribution in [0.3, 0.4) is 0 Å². The molecule has 0 unspecified atom stereocenters. The van der Waals surface area contributed by atoms with Crippen LogP contribution < -0.4 is 10.6 Å². The van der Waals surface area contributed by atoms with Crippen LogP contribution in [0.5, 0.6) is 0 Å². The highest BCUT2D eigenvalue weighted by Crippen LogP contribution is 2.33. The summed E-state index contributed by atoms with van der Waals surface area (Å²) in [4.78, 5) is 39.4. The number of hydrogen-bond acceptors (Lipinski definition) is 6. The molecule has 1 heterocycles. The van der Waals surface area contributed by atoms with E-state index in [4.69, 9.17) is 21.1 Å². The van der Waals surface area contributed by atoms with Crippen LogP contribution in [0.2, 0.25) is 5.02 Å². The van der Waals surface area contributed by atoms with Gasteiger partial charge in [-0.15, -0.1) is 0 Å². The predicted octanol–water partition coefficient (Wildman–Crippen LogP) is 4.02. The van der Waals surface area contributed by atoms with Crippen molar-refractivity contribution < 1.29 is 23.9 Å². The summed E-state index contributed by atoms with van der Waals surface area (Å²) in [6.07, 6.45) is 1.14. The number of methoxy groups -OCH3 is 1. The lowest BCUT2D eigenvalue weighted by atomic mass is 9.78. The molecule has 2 aromatic carbocycles. The molecule has 2 aromatic rings. The van der Waals surface area contributed by atoms with Crippen LogP contribution in [0.25, 0.3) is 0 Å². The highest BCUT2D eigenvalue weighted by atomic mass is 35.5. The van der Waals surface area contributed by atoms with Gasteiger partial charge in [0.15, 0.2) is 0 Å². The number of carbonyl (C=O) groups is 3. The summed E-state index contributed by atoms with van der Waals surface area (Å²) in [5, 5.41) is 6.24. The van der Waals surface area contributed by atoms with E-state index in [-0.39, 0.29) is 31.6 Å². The molecule has 9 heteroatoms. The van der Waals surface area contributed by atoms with Crippen LogP contribution in [0.15, 0.2) is 48.5 Å². The van der Waals surface area contributed by atoms with Crippen LogP contribution >= 0.6 is 11.6 Å². The first-order valence-corrected chi connectivity index (χ1v) is 12.1. The highest BCUT2D eigenvalue weighted by molar-refractivity contribution is 6.31. The van der Waals surface area contributed by atoms with Crippen LogP contribution in [0.4, 0.5) is 10.5 Å². The van der Waals surface area contributed by atoms with Crippen molar-refractivity contribution in [1.82, 2.24) is 10.2 Å². The number of halogens is 1. The average Bonchev–Trinajstić information content (AvgIpc) is 2.88. The molecule has 0 aliphatic carbocycles. The molecular formula is C26H32ClN3O5. The highest BCUT2D eigenvalue weighted by Gasteiger charge is 2.43. The zero-order valence-electron chi connectivity index (χ0n) is 20.1. The molecule has 1 aliphatic rings. The zero-order valence-corrected chi connectivity index (χ0v) is 20.9. The van der Waals surface area contributed by atoms with Crippen LogP contribution in [-0.2, 0) is 32.0 Å². The monoisotopic (exact) mass is 501 g/mol. The first kappa shape index (κ1) is 26.5. The Morgan fingerprint density at radius 1 is 1.06 bits per heavy atom. The maximum Gasteiger partial charge on any atom is 0.411 e. The Kier molecular flexibility index (Phi) is 9.51. The number of benzene rings is 2. The molecule has 0 saturated carbocycles. The fourth-order valence-electron chi connectivity index (χ4n) is 4.01. The third kappa shape index (κ3) is 7.44. The number of likely N-dealkylation sites (tertiary alicyclic amines) is 1. The van der Waals surface area contributed by atoms with Crippen molar-refractivity contribution in [2.45, 2.75) is 32.7 Å². The van der Waals surface area contributed by atoms with Crippen LogP contribution in [-0.4, -0.2) is 56.2 Å². The molecule has 3 rings (SSSR count). The number of anilines is 1. The molecule has 1 aliphatic heterocycles. The van der Waals surface area contributed by atoms with Crippen molar-refractivity contribution in [1.29, 1.82) is 0 Å². The Bertz CT molecular complexity index is 1020. The average molecular weight is 502 g/mol. The topological polar surface area (TPSA) is 97.0 Å². The molecular weight excluding hydrogens is 470 g/mol. The van der Waals surface area contributed by atoms with Crippen molar-refractivity contribution in [2.24, 2.45) is 5.41 Å². The molecule has 188 valence electrons. The molecule has 0 radical (unpaired) electrons. The number of nitrogens with zero attached hydrogens (tertiary/aromatic N) is 1. The lowest BCUT2D eigenvalue weighted by Crippen LogP contribution is -2.52. The fourth-order valence-corrected chi connectivity index (χ4v) is 4.21. The Labute approximate surface area is 210 Å². The van der Waals surface area contributed by atoms with E-state index in [9.17, 15) is 14.4 Å². The molecule has 0 aromatic heterocycles. The van der Waals surface area contributed by atoms with Gasteiger partial charge in [-0.05, 0) is 61.7 Å². The van der Waals surface area contributed by atoms with E-state index < -0.39 is 11.5 Å². The molecule has 0 bridgehead atoms. The summed E-state index contributed by atoms with van der Waals surface area (Å²) in [6.45, 7) is 3.40. The van der Waals surface area contributed by atoms with Gasteiger partial charge in [-0.3, -0.25) is 19.8 Å². The van der Waals surface area contributed by atoms with E-state index in [0.717, 1.165) is 17.5 Å². The Hall–Kier alpha value is -3.10. The summed E-state index contributed by atoms with van der Waals surface area (Å²) in [6, 6.07) is 14.8. The Balaban J connectivity index is 1.64. The number of esters is 1. The summed E-state index contributed by atoms with van der Waals surface area (Å²) in [5.74, 6) is -0.541. The van der Waals surface area contributed by atoms with Crippen LogP contribution in [0, 0.1) is 5.41 Å². The summed E-state index contributed by atoms with van der Waals surface area (Å²) in [5.41, 5.74) is 1.67. The van der Waals surface area contributed by atoms with Gasteiger partial charge in [0.2, 0.25) is 5.91 Å². The van der Waals surface area contributed by atoms with Crippen molar-refractivity contribution in [3.05, 3.63) is 64.7 Å². The van der Waals surface area contributed by atoms with E-state index in [1.807, 2.05) is 47.4 Å². The van der Waals surface area contributed by atoms with Gasteiger partial charge in [0.05, 0.1) is 19.1 Å². The van der Waals surface area contributed by atoms with Gasteiger partial charge in [0.1, 0.15) is 6.61 Å². The van der Waals surface area contributed by atoms with E-state index in [2.05, 4.69) is 17.6 Å². The smallest absolute Gasteiger partial charge is 0.411 e. The van der Waals surface area contributed by atoms with E-state index in [1.54, 1.807) is 6.07 Å². The van der Waals surface area contributed by atoms with Gasteiger partial charge in [-0.2, -0.15) is 0 Å². The number of amides is 2. The zero-order chi connectivity index (χ0) is 25.3. The van der Waals surface area contributed by atoms with Gasteiger partial charge in [0.25, 0.3) is 0 Å². The van der Waals surface area contributed by atoms with Gasteiger partial charge >= 0.3 is 12.1 Å². The third-order valence-corrected chi connectivity index (χ3v) is 6.73. The number of aryl methyl sites for hydroxylation is 1. The molecule has 1 saturated heterocycles. The second-order valence-electron chi connectivity index (χ2n) is 8.66. The molecule has 1 fully saturated rings.